The van der Waals surface area contributed by atoms with Gasteiger partial charge in [-0.25, -0.2) is 4.79 Å². The first-order chi connectivity index (χ1) is 9.97. The third-order valence-electron chi connectivity index (χ3n) is 2.78. The molecule has 0 aliphatic carbocycles. The van der Waals surface area contributed by atoms with E-state index in [4.69, 9.17) is 11.6 Å². The Labute approximate surface area is 125 Å². The molecule has 0 aliphatic rings. The second-order valence-corrected chi connectivity index (χ2v) is 4.66. The molecule has 0 aromatic heterocycles. The Hall–Kier alpha value is -2.66. The van der Waals surface area contributed by atoms with Gasteiger partial charge in [0.15, 0.2) is 0 Å². The largest absolute Gasteiger partial charge is 0.478 e. The van der Waals surface area contributed by atoms with Gasteiger partial charge in [0.25, 0.3) is 5.69 Å². The minimum atomic E-state index is -1.12. The van der Waals surface area contributed by atoms with Crippen LogP contribution in [0.3, 0.4) is 0 Å². The van der Waals surface area contributed by atoms with Crippen LogP contribution < -0.4 is 0 Å². The minimum Gasteiger partial charge on any atom is -0.478 e. The Morgan fingerprint density at radius 2 is 1.86 bits per heavy atom. The summed E-state index contributed by atoms with van der Waals surface area (Å²) < 4.78 is 0. The maximum atomic E-state index is 11.4. The van der Waals surface area contributed by atoms with Gasteiger partial charge in [0.2, 0.25) is 0 Å². The summed E-state index contributed by atoms with van der Waals surface area (Å²) in [4.78, 5) is 21.6. The lowest BCUT2D eigenvalue weighted by Gasteiger charge is -2.03. The molecule has 106 valence electrons. The number of carboxylic acid groups (broad SMARTS) is 1. The van der Waals surface area contributed by atoms with Gasteiger partial charge < -0.3 is 5.11 Å². The second kappa shape index (κ2) is 6.19. The molecule has 0 saturated carbocycles. The molecular weight excluding hydrogens is 294 g/mol. The Morgan fingerprint density at radius 3 is 2.43 bits per heavy atom. The van der Waals surface area contributed by atoms with Gasteiger partial charge in [0.1, 0.15) is 0 Å². The summed E-state index contributed by atoms with van der Waals surface area (Å²) in [5, 5.41) is 20.5. The molecule has 21 heavy (non-hydrogen) atoms. The van der Waals surface area contributed by atoms with Crippen molar-refractivity contribution in [2.24, 2.45) is 0 Å². The lowest BCUT2D eigenvalue weighted by molar-refractivity contribution is -0.384. The van der Waals surface area contributed by atoms with Crippen molar-refractivity contribution < 1.29 is 14.8 Å². The first kappa shape index (κ1) is 14.7. The normalized spacial score (nSPS) is 11.2. The van der Waals surface area contributed by atoms with Crippen molar-refractivity contribution in [3.8, 4) is 0 Å². The number of halogens is 1. The molecule has 2 aromatic rings. The van der Waals surface area contributed by atoms with Gasteiger partial charge in [-0.3, -0.25) is 10.1 Å². The lowest BCUT2D eigenvalue weighted by atomic mass is 10.0. The van der Waals surface area contributed by atoms with Crippen molar-refractivity contribution in [2.75, 3.05) is 0 Å². The average Bonchev–Trinajstić information content (AvgIpc) is 2.46. The monoisotopic (exact) mass is 303 g/mol. The number of nitro benzene ring substituents is 1. The highest BCUT2D eigenvalue weighted by Crippen LogP contribution is 2.22. The van der Waals surface area contributed by atoms with E-state index in [0.717, 1.165) is 0 Å². The Bertz CT molecular complexity index is 723. The van der Waals surface area contributed by atoms with E-state index in [1.165, 1.54) is 24.3 Å². The van der Waals surface area contributed by atoms with Crippen molar-refractivity contribution in [3.63, 3.8) is 0 Å². The molecule has 0 radical (unpaired) electrons. The molecule has 1 N–H and O–H groups in total. The van der Waals surface area contributed by atoms with Crippen LogP contribution in [0.25, 0.3) is 11.6 Å². The summed E-state index contributed by atoms with van der Waals surface area (Å²) in [6.45, 7) is 0. The summed E-state index contributed by atoms with van der Waals surface area (Å²) in [5.74, 6) is -1.12. The van der Waals surface area contributed by atoms with Gasteiger partial charge in [0.05, 0.1) is 10.5 Å². The molecule has 0 saturated heterocycles. The van der Waals surface area contributed by atoms with Crippen LogP contribution in [-0.4, -0.2) is 16.0 Å². The molecule has 0 heterocycles. The SMILES string of the molecule is O=C(O)/C(=C\c1cccc([N+](=O)[O-])c1)c1ccc(Cl)cc1. The maximum Gasteiger partial charge on any atom is 0.336 e. The molecule has 0 amide bonds. The number of benzene rings is 2. The molecule has 0 aliphatic heterocycles. The van der Waals surface area contributed by atoms with E-state index < -0.39 is 10.9 Å². The molecule has 0 spiro atoms. The van der Waals surface area contributed by atoms with E-state index >= 15 is 0 Å². The highest BCUT2D eigenvalue weighted by atomic mass is 35.5. The third kappa shape index (κ3) is 3.67. The Kier molecular flexibility index (Phi) is 4.35. The fourth-order valence-electron chi connectivity index (χ4n) is 1.79. The summed E-state index contributed by atoms with van der Waals surface area (Å²) >= 11 is 5.77. The second-order valence-electron chi connectivity index (χ2n) is 4.22. The molecule has 0 bridgehead atoms. The van der Waals surface area contributed by atoms with Gasteiger partial charge in [-0.1, -0.05) is 35.9 Å². The van der Waals surface area contributed by atoms with E-state index in [1.54, 1.807) is 30.3 Å². The number of hydrogen-bond donors (Lipinski definition) is 1. The van der Waals surface area contributed by atoms with Crippen LogP contribution in [0.2, 0.25) is 5.02 Å². The van der Waals surface area contributed by atoms with E-state index in [9.17, 15) is 20.0 Å². The standard InChI is InChI=1S/C15H10ClNO4/c16-12-6-4-11(5-7-12)14(15(18)19)9-10-2-1-3-13(8-10)17(20)21/h1-9H,(H,18,19)/b14-9-. The van der Waals surface area contributed by atoms with Crippen molar-refractivity contribution in [1.29, 1.82) is 0 Å². The molecular formula is C15H10ClNO4. The van der Waals surface area contributed by atoms with Gasteiger partial charge >= 0.3 is 5.97 Å². The van der Waals surface area contributed by atoms with E-state index in [0.29, 0.717) is 16.1 Å². The summed E-state index contributed by atoms with van der Waals surface area (Å²) in [7, 11) is 0. The van der Waals surface area contributed by atoms with E-state index in [1.807, 2.05) is 0 Å². The highest BCUT2D eigenvalue weighted by Gasteiger charge is 2.12. The maximum absolute atomic E-state index is 11.4. The molecule has 0 unspecified atom stereocenters. The zero-order valence-electron chi connectivity index (χ0n) is 10.7. The zero-order chi connectivity index (χ0) is 15.4. The van der Waals surface area contributed by atoms with Gasteiger partial charge in [0, 0.05) is 17.2 Å². The summed E-state index contributed by atoms with van der Waals surface area (Å²) in [5.41, 5.74) is 0.853. The van der Waals surface area contributed by atoms with Crippen LogP contribution in [0.1, 0.15) is 11.1 Å². The fraction of sp³-hybridized carbons (Fsp3) is 0. The van der Waals surface area contributed by atoms with Crippen LogP contribution >= 0.6 is 11.6 Å². The quantitative estimate of drug-likeness (QED) is 0.402. The molecule has 0 atom stereocenters. The predicted octanol–water partition coefficient (Wildman–Crippen LogP) is 3.87. The average molecular weight is 304 g/mol. The van der Waals surface area contributed by atoms with Crippen molar-refractivity contribution in [2.45, 2.75) is 0 Å². The molecule has 5 nitrogen and oxygen atoms in total. The minimum absolute atomic E-state index is 0.0344. The number of non-ortho nitro benzene ring substituents is 1. The molecule has 2 aromatic carbocycles. The Balaban J connectivity index is 2.47. The lowest BCUT2D eigenvalue weighted by Crippen LogP contribution is -1.99. The first-order valence-corrected chi connectivity index (χ1v) is 6.30. The van der Waals surface area contributed by atoms with Crippen molar-refractivity contribution in [1.82, 2.24) is 0 Å². The topological polar surface area (TPSA) is 80.4 Å². The number of carbonyl (C=O) groups is 1. The number of rotatable bonds is 4. The van der Waals surface area contributed by atoms with Gasteiger partial charge in [-0.05, 0) is 29.3 Å². The van der Waals surface area contributed by atoms with Crippen LogP contribution in [0.4, 0.5) is 5.69 Å². The van der Waals surface area contributed by atoms with Crippen LogP contribution in [0.15, 0.2) is 48.5 Å². The number of nitro groups is 1. The predicted molar refractivity (Wildman–Crippen MR) is 80.1 cm³/mol. The van der Waals surface area contributed by atoms with Crippen LogP contribution in [0.5, 0.6) is 0 Å². The zero-order valence-corrected chi connectivity index (χ0v) is 11.4. The summed E-state index contributed by atoms with van der Waals surface area (Å²) in [6.07, 6.45) is 1.39. The number of aliphatic carboxylic acids is 1. The highest BCUT2D eigenvalue weighted by molar-refractivity contribution is 6.30. The van der Waals surface area contributed by atoms with Gasteiger partial charge in [-0.2, -0.15) is 0 Å². The molecule has 6 heteroatoms. The number of hydrogen-bond acceptors (Lipinski definition) is 3. The Morgan fingerprint density at radius 1 is 1.19 bits per heavy atom. The van der Waals surface area contributed by atoms with Crippen molar-refractivity contribution in [3.05, 3.63) is 74.8 Å². The molecule has 0 fully saturated rings. The summed E-state index contributed by atoms with van der Waals surface area (Å²) in [6, 6.07) is 12.1. The van der Waals surface area contributed by atoms with E-state index in [2.05, 4.69) is 0 Å². The third-order valence-corrected chi connectivity index (χ3v) is 3.03. The van der Waals surface area contributed by atoms with Crippen LogP contribution in [-0.2, 0) is 4.79 Å². The van der Waals surface area contributed by atoms with Crippen LogP contribution in [0, 0.1) is 10.1 Å². The number of carboxylic acids is 1. The van der Waals surface area contributed by atoms with E-state index in [-0.39, 0.29) is 11.3 Å². The first-order valence-electron chi connectivity index (χ1n) is 5.93. The van der Waals surface area contributed by atoms with Gasteiger partial charge in [-0.15, -0.1) is 0 Å². The fourth-order valence-corrected chi connectivity index (χ4v) is 1.92. The molecule has 2 rings (SSSR count). The van der Waals surface area contributed by atoms with Crippen molar-refractivity contribution >= 4 is 34.9 Å². The smallest absolute Gasteiger partial charge is 0.336 e. The number of nitrogens with zero attached hydrogens (tertiary/aromatic N) is 1.